The van der Waals surface area contributed by atoms with Crippen LogP contribution in [0, 0.1) is 6.92 Å². The Morgan fingerprint density at radius 2 is 1.04 bits per heavy atom. The molecule has 19 heteroatoms. The van der Waals surface area contributed by atoms with Gasteiger partial charge in [0.25, 0.3) is 0 Å². The summed E-state index contributed by atoms with van der Waals surface area (Å²) in [5.41, 5.74) is 3.43. The molecule has 0 bridgehead atoms. The molecule has 0 unspecified atom stereocenters. The molecule has 0 saturated heterocycles. The van der Waals surface area contributed by atoms with Gasteiger partial charge in [-0.1, -0.05) is 48.0 Å². The molecule has 0 aliphatic rings. The minimum atomic E-state index is -5.31. The van der Waals surface area contributed by atoms with Crippen molar-refractivity contribution in [3.05, 3.63) is 127 Å². The smallest absolute Gasteiger partial charge is 0.744 e. The van der Waals surface area contributed by atoms with E-state index >= 15 is 0 Å². The fourth-order valence-corrected chi connectivity index (χ4v) is 7.20. The van der Waals surface area contributed by atoms with E-state index in [1.807, 2.05) is 19.1 Å². The van der Waals surface area contributed by atoms with Crippen LogP contribution in [0.2, 0.25) is 0 Å². The second kappa shape index (κ2) is 17.3. The molecular weight excluding hydrogens is 779 g/mol. The molecule has 0 aliphatic carbocycles. The van der Waals surface area contributed by atoms with E-state index in [1.54, 1.807) is 60.7 Å². The zero-order chi connectivity index (χ0) is 37.3. The number of nitrogens with zero attached hydrogens (tertiary/aromatic N) is 4. The van der Waals surface area contributed by atoms with Gasteiger partial charge in [-0.05, 0) is 102 Å². The average Bonchev–Trinajstić information content (AvgIpc) is 3.10. The fourth-order valence-electron chi connectivity index (χ4n) is 4.93. The molecule has 0 spiro atoms. The van der Waals surface area contributed by atoms with E-state index in [-0.39, 0.29) is 75.1 Å². The third-order valence-electron chi connectivity index (χ3n) is 7.53. The number of aryl methyl sites for hydroxylation is 1. The Hall–Kier alpha value is -3.85. The number of hydrogen-bond acceptors (Lipinski definition) is 14. The molecule has 0 heterocycles. The topological polar surface area (TPSA) is 227 Å². The molecule has 14 nitrogen and oxygen atoms in total. The number of phenolic OH excluding ortho intramolecular Hbond substituents is 1. The third-order valence-corrected chi connectivity index (χ3v) is 10.5. The van der Waals surface area contributed by atoms with Crippen molar-refractivity contribution in [2.24, 2.45) is 20.5 Å². The molecule has 0 aliphatic heterocycles. The largest absolute Gasteiger partial charge is 1.00 e. The van der Waals surface area contributed by atoms with Gasteiger partial charge in [0.2, 0.25) is 0 Å². The van der Waals surface area contributed by atoms with E-state index in [1.165, 1.54) is 24.3 Å². The van der Waals surface area contributed by atoms with Gasteiger partial charge >= 0.3 is 69.2 Å². The average molecular weight is 803 g/mol. The van der Waals surface area contributed by atoms with Crippen LogP contribution in [0.5, 0.6) is 11.5 Å². The Morgan fingerprint density at radius 3 is 1.52 bits per heavy atom. The van der Waals surface area contributed by atoms with E-state index in [0.717, 1.165) is 34.9 Å². The van der Waals surface area contributed by atoms with Crippen LogP contribution in [-0.2, 0) is 30.4 Å². The predicted molar refractivity (Wildman–Crippen MR) is 187 cm³/mol. The number of benzene rings is 6. The summed E-state index contributed by atoms with van der Waals surface area (Å²) in [6.07, 6.45) is 0. The first kappa shape index (κ1) is 42.9. The number of phenols is 1. The predicted octanol–water partition coefficient (Wildman–Crippen LogP) is 1.94. The molecule has 1 N–H and O–H groups in total. The van der Waals surface area contributed by atoms with E-state index in [4.69, 9.17) is 4.18 Å². The van der Waals surface area contributed by atoms with E-state index in [2.05, 4.69) is 20.5 Å². The number of hydrogen-bond donors (Lipinski definition) is 1. The van der Waals surface area contributed by atoms with Crippen LogP contribution in [0.25, 0.3) is 21.9 Å². The van der Waals surface area contributed by atoms with Crippen LogP contribution in [0.3, 0.4) is 0 Å². The maximum atomic E-state index is 12.5. The third kappa shape index (κ3) is 10.3. The fraction of sp³-hybridized carbons (Fsp3) is 0.0286. The molecule has 6 rings (SSSR count). The summed E-state index contributed by atoms with van der Waals surface area (Å²) >= 11 is 0. The van der Waals surface area contributed by atoms with Crippen molar-refractivity contribution in [3.8, 4) is 22.6 Å². The molecule has 0 saturated carbocycles. The van der Waals surface area contributed by atoms with Gasteiger partial charge in [0.05, 0.1) is 26.9 Å². The first-order chi connectivity index (χ1) is 24.6. The van der Waals surface area contributed by atoms with Gasteiger partial charge in [-0.2, -0.15) is 23.8 Å². The minimum absolute atomic E-state index is 0. The summed E-state index contributed by atoms with van der Waals surface area (Å²) < 4.78 is 101. The quantitative estimate of drug-likeness (QED) is 0.0916. The summed E-state index contributed by atoms with van der Waals surface area (Å²) in [4.78, 5) is -1.93. The SMILES string of the molecule is Cc1ccc(S(=O)(=O)Oc2ccc(N=Nc3ccc(-c4ccc(N=Nc5c(O)ccc6cc(S(=O)(=O)[O-])cc(S(=O)(=O)[O-])c56)cc4)cc3)cc2)cc1.[Na+].[Na+]. The first-order valence-corrected chi connectivity index (χ1v) is 19.2. The van der Waals surface area contributed by atoms with Gasteiger partial charge in [0, 0.05) is 5.39 Å². The summed E-state index contributed by atoms with van der Waals surface area (Å²) in [6, 6.07) is 29.7. The molecule has 0 aromatic heterocycles. The Kier molecular flexibility index (Phi) is 13.7. The van der Waals surface area contributed by atoms with Crippen molar-refractivity contribution >= 4 is 63.9 Å². The molecule has 0 fully saturated rings. The zero-order valence-corrected chi connectivity index (χ0v) is 35.1. The van der Waals surface area contributed by atoms with E-state index in [0.29, 0.717) is 23.1 Å². The second-order valence-corrected chi connectivity index (χ2v) is 15.5. The van der Waals surface area contributed by atoms with Crippen molar-refractivity contribution in [2.45, 2.75) is 21.6 Å². The van der Waals surface area contributed by atoms with Gasteiger partial charge in [-0.3, -0.25) is 0 Å². The maximum absolute atomic E-state index is 12.5. The van der Waals surface area contributed by atoms with Crippen molar-refractivity contribution in [2.75, 3.05) is 0 Å². The molecule has 264 valence electrons. The molecule has 6 aromatic carbocycles. The molecule has 54 heavy (non-hydrogen) atoms. The Morgan fingerprint density at radius 1 is 0.556 bits per heavy atom. The Labute approximate surface area is 354 Å². The number of rotatable bonds is 10. The Balaban J connectivity index is 0.00000325. The maximum Gasteiger partial charge on any atom is 1.00 e. The summed E-state index contributed by atoms with van der Waals surface area (Å²) in [5.74, 6) is -0.412. The van der Waals surface area contributed by atoms with Gasteiger partial charge < -0.3 is 18.4 Å². The van der Waals surface area contributed by atoms with Crippen molar-refractivity contribution in [1.82, 2.24) is 0 Å². The summed E-state index contributed by atoms with van der Waals surface area (Å²) in [5, 5.41) is 26.3. The molecule has 0 radical (unpaired) electrons. The van der Waals surface area contributed by atoms with Gasteiger partial charge in [-0.25, -0.2) is 16.8 Å². The van der Waals surface area contributed by atoms with Crippen LogP contribution in [0.1, 0.15) is 5.56 Å². The van der Waals surface area contributed by atoms with Crippen LogP contribution < -0.4 is 63.3 Å². The molecule has 6 aromatic rings. The zero-order valence-electron chi connectivity index (χ0n) is 28.7. The van der Waals surface area contributed by atoms with Crippen molar-refractivity contribution in [1.29, 1.82) is 0 Å². The van der Waals surface area contributed by atoms with E-state index in [9.17, 15) is 39.5 Å². The van der Waals surface area contributed by atoms with Gasteiger partial charge in [-0.15, -0.1) is 5.11 Å². The minimum Gasteiger partial charge on any atom is -0.744 e. The first-order valence-electron chi connectivity index (χ1n) is 14.9. The Bertz CT molecular complexity index is 2710. The normalized spacial score (nSPS) is 12.1. The number of azo groups is 2. The van der Waals surface area contributed by atoms with Crippen LogP contribution >= 0.6 is 0 Å². The van der Waals surface area contributed by atoms with E-state index < -0.39 is 57.0 Å². The van der Waals surface area contributed by atoms with Crippen LogP contribution in [0.15, 0.2) is 156 Å². The second-order valence-electron chi connectivity index (χ2n) is 11.2. The summed E-state index contributed by atoms with van der Waals surface area (Å²) in [6.45, 7) is 1.85. The number of aromatic hydroxyl groups is 1. The van der Waals surface area contributed by atoms with Crippen LogP contribution in [0.4, 0.5) is 22.7 Å². The standard InChI is InChI=1S/C35H26N4O10S3.2Na/c1-22-2-17-30(18-3-22)52(47,48)49-29-15-13-28(14-16-29)37-36-26-9-4-23(5-10-26)24-6-11-27(12-7-24)38-39-35-32(40)19-8-25-20-31(50(41,42)43)21-33(34(25)35)51(44,45)46;;/h2-21,40H,1H3,(H,41,42,43)(H,44,45,46);;/q;2*+1/p-2. The number of fused-ring (bicyclic) bond motifs is 1. The summed E-state index contributed by atoms with van der Waals surface area (Å²) in [7, 11) is -14.4. The van der Waals surface area contributed by atoms with Gasteiger partial charge in [0.15, 0.2) is 0 Å². The van der Waals surface area contributed by atoms with Crippen molar-refractivity contribution in [3.63, 3.8) is 0 Å². The van der Waals surface area contributed by atoms with Crippen molar-refractivity contribution < 1.29 is 103 Å². The molecular formula is C35H24N4Na2O10S3. The monoisotopic (exact) mass is 802 g/mol. The van der Waals surface area contributed by atoms with Gasteiger partial charge in [0.1, 0.15) is 42.3 Å². The van der Waals surface area contributed by atoms with Crippen LogP contribution in [-0.4, -0.2) is 39.5 Å². The molecule has 0 atom stereocenters. The molecule has 0 amide bonds.